The minimum Gasteiger partial charge on any atom is -0.345 e. The summed E-state index contributed by atoms with van der Waals surface area (Å²) >= 11 is 5.77. The average Bonchev–Trinajstić information content (AvgIpc) is 2.48. The molecular formula is C15H15ClN2O3S. The molecule has 0 aliphatic rings. The summed E-state index contributed by atoms with van der Waals surface area (Å²) in [6.45, 7) is 0. The van der Waals surface area contributed by atoms with E-state index in [2.05, 4.69) is 4.72 Å². The Morgan fingerprint density at radius 3 is 2.32 bits per heavy atom. The first-order chi connectivity index (χ1) is 10.3. The van der Waals surface area contributed by atoms with Crippen LogP contribution >= 0.6 is 11.6 Å². The summed E-state index contributed by atoms with van der Waals surface area (Å²) in [5, 5.41) is 0.515. The number of carbonyl (C=O) groups is 1. The number of carbonyl (C=O) groups excluding carboxylic acids is 1. The van der Waals surface area contributed by atoms with Crippen molar-refractivity contribution in [1.82, 2.24) is 4.90 Å². The molecule has 0 saturated carbocycles. The Hall–Kier alpha value is -2.05. The Bertz CT molecular complexity index is 787. The Labute approximate surface area is 134 Å². The first-order valence-corrected chi connectivity index (χ1v) is 8.26. The van der Waals surface area contributed by atoms with E-state index in [1.807, 2.05) is 0 Å². The molecular weight excluding hydrogens is 324 g/mol. The maximum atomic E-state index is 12.4. The molecule has 2 rings (SSSR count). The fourth-order valence-electron chi connectivity index (χ4n) is 1.79. The van der Waals surface area contributed by atoms with Crippen molar-refractivity contribution in [2.45, 2.75) is 4.90 Å². The van der Waals surface area contributed by atoms with Crippen molar-refractivity contribution >= 4 is 33.2 Å². The lowest BCUT2D eigenvalue weighted by molar-refractivity contribution is 0.0827. The van der Waals surface area contributed by atoms with Gasteiger partial charge in [-0.15, -0.1) is 0 Å². The van der Waals surface area contributed by atoms with Crippen LogP contribution in [0.4, 0.5) is 5.69 Å². The predicted molar refractivity (Wildman–Crippen MR) is 86.7 cm³/mol. The van der Waals surface area contributed by atoms with E-state index in [-0.39, 0.29) is 10.8 Å². The Balaban J connectivity index is 2.31. The number of rotatable bonds is 4. The fourth-order valence-corrected chi connectivity index (χ4v) is 3.02. The van der Waals surface area contributed by atoms with Crippen molar-refractivity contribution in [3.8, 4) is 0 Å². The molecule has 0 aliphatic carbocycles. The molecule has 0 atom stereocenters. The molecule has 0 unspecified atom stereocenters. The average molecular weight is 339 g/mol. The normalized spacial score (nSPS) is 11.0. The lowest BCUT2D eigenvalue weighted by atomic mass is 10.2. The molecule has 1 N–H and O–H groups in total. The third-order valence-corrected chi connectivity index (χ3v) is 4.52. The molecule has 2 aromatic carbocycles. The molecule has 1 amide bonds. The summed E-state index contributed by atoms with van der Waals surface area (Å²) in [6, 6.07) is 12.2. The number of amides is 1. The van der Waals surface area contributed by atoms with Gasteiger partial charge in [-0.2, -0.15) is 0 Å². The standard InChI is InChI=1S/C15H15ClN2O3S/c1-18(2)15(19)11-4-3-5-14(10-11)22(20,21)17-13-8-6-12(16)7-9-13/h3-10,17H,1-2H3. The Morgan fingerprint density at radius 1 is 1.09 bits per heavy atom. The molecule has 0 fully saturated rings. The largest absolute Gasteiger partial charge is 0.345 e. The molecule has 0 aromatic heterocycles. The van der Waals surface area contributed by atoms with Gasteiger partial charge in [-0.1, -0.05) is 17.7 Å². The van der Waals surface area contributed by atoms with Crippen LogP contribution in [0, 0.1) is 0 Å². The van der Waals surface area contributed by atoms with E-state index in [1.165, 1.54) is 23.1 Å². The smallest absolute Gasteiger partial charge is 0.261 e. The number of halogens is 1. The highest BCUT2D eigenvalue weighted by atomic mass is 35.5. The van der Waals surface area contributed by atoms with Crippen LogP contribution < -0.4 is 4.72 Å². The second kappa shape index (κ2) is 6.37. The quantitative estimate of drug-likeness (QED) is 0.932. The van der Waals surface area contributed by atoms with Crippen LogP contribution in [0.2, 0.25) is 5.02 Å². The summed E-state index contributed by atoms with van der Waals surface area (Å²) in [5.74, 6) is -0.261. The molecule has 7 heteroatoms. The minimum atomic E-state index is -3.77. The zero-order chi connectivity index (χ0) is 16.3. The van der Waals surface area contributed by atoms with E-state index in [0.29, 0.717) is 16.3 Å². The van der Waals surface area contributed by atoms with Gasteiger partial charge >= 0.3 is 0 Å². The number of nitrogens with zero attached hydrogens (tertiary/aromatic N) is 1. The zero-order valence-corrected chi connectivity index (χ0v) is 13.6. The number of anilines is 1. The summed E-state index contributed by atoms with van der Waals surface area (Å²) in [7, 11) is -0.558. The van der Waals surface area contributed by atoms with E-state index < -0.39 is 10.0 Å². The van der Waals surface area contributed by atoms with Crippen molar-refractivity contribution in [2.24, 2.45) is 0 Å². The lowest BCUT2D eigenvalue weighted by Gasteiger charge is -2.12. The van der Waals surface area contributed by atoms with E-state index >= 15 is 0 Å². The van der Waals surface area contributed by atoms with Gasteiger partial charge in [-0.25, -0.2) is 8.42 Å². The SMILES string of the molecule is CN(C)C(=O)c1cccc(S(=O)(=O)Nc2ccc(Cl)cc2)c1. The Morgan fingerprint density at radius 2 is 1.73 bits per heavy atom. The first-order valence-electron chi connectivity index (χ1n) is 6.40. The molecule has 0 spiro atoms. The van der Waals surface area contributed by atoms with Gasteiger partial charge in [0.15, 0.2) is 0 Å². The highest BCUT2D eigenvalue weighted by Gasteiger charge is 2.17. The molecule has 116 valence electrons. The topological polar surface area (TPSA) is 66.5 Å². The maximum absolute atomic E-state index is 12.4. The van der Waals surface area contributed by atoms with Gasteiger partial charge in [0.2, 0.25) is 0 Å². The molecule has 2 aromatic rings. The summed E-state index contributed by atoms with van der Waals surface area (Å²) in [4.78, 5) is 13.3. The predicted octanol–water partition coefficient (Wildman–Crippen LogP) is 2.84. The summed E-state index contributed by atoms with van der Waals surface area (Å²) in [6.07, 6.45) is 0. The zero-order valence-electron chi connectivity index (χ0n) is 12.1. The Kier molecular flexibility index (Phi) is 4.73. The van der Waals surface area contributed by atoms with Gasteiger partial charge in [0.1, 0.15) is 0 Å². The van der Waals surface area contributed by atoms with Crippen LogP contribution in [0.3, 0.4) is 0 Å². The van der Waals surface area contributed by atoms with E-state index in [1.54, 1.807) is 44.4 Å². The number of hydrogen-bond donors (Lipinski definition) is 1. The number of hydrogen-bond acceptors (Lipinski definition) is 3. The number of nitrogens with one attached hydrogen (secondary N) is 1. The molecule has 0 bridgehead atoms. The van der Waals surface area contributed by atoms with Crippen molar-refractivity contribution in [2.75, 3.05) is 18.8 Å². The first kappa shape index (κ1) is 16.3. The van der Waals surface area contributed by atoms with Gasteiger partial charge in [0.25, 0.3) is 15.9 Å². The molecule has 0 aliphatic heterocycles. The van der Waals surface area contributed by atoms with Crippen molar-refractivity contribution in [3.05, 3.63) is 59.1 Å². The second-order valence-electron chi connectivity index (χ2n) is 4.84. The van der Waals surface area contributed by atoms with Crippen LogP contribution in [0.1, 0.15) is 10.4 Å². The van der Waals surface area contributed by atoms with E-state index in [0.717, 1.165) is 0 Å². The molecule has 22 heavy (non-hydrogen) atoms. The van der Waals surface area contributed by atoms with Gasteiger partial charge < -0.3 is 4.90 Å². The van der Waals surface area contributed by atoms with Crippen molar-refractivity contribution < 1.29 is 13.2 Å². The fraction of sp³-hybridized carbons (Fsp3) is 0.133. The van der Waals surface area contributed by atoms with Gasteiger partial charge in [0, 0.05) is 30.4 Å². The summed E-state index contributed by atoms with van der Waals surface area (Å²) in [5.41, 5.74) is 0.706. The number of benzene rings is 2. The van der Waals surface area contributed by atoms with Crippen molar-refractivity contribution in [1.29, 1.82) is 0 Å². The van der Waals surface area contributed by atoms with Crippen molar-refractivity contribution in [3.63, 3.8) is 0 Å². The van der Waals surface area contributed by atoms with Gasteiger partial charge in [-0.3, -0.25) is 9.52 Å². The second-order valence-corrected chi connectivity index (χ2v) is 6.96. The molecule has 0 saturated heterocycles. The lowest BCUT2D eigenvalue weighted by Crippen LogP contribution is -2.22. The maximum Gasteiger partial charge on any atom is 0.261 e. The molecule has 0 heterocycles. The van der Waals surface area contributed by atoms with Gasteiger partial charge in [0.05, 0.1) is 4.90 Å². The van der Waals surface area contributed by atoms with Crippen LogP contribution in [-0.2, 0) is 10.0 Å². The monoisotopic (exact) mass is 338 g/mol. The molecule has 5 nitrogen and oxygen atoms in total. The minimum absolute atomic E-state index is 0.0233. The van der Waals surface area contributed by atoms with Crippen LogP contribution in [0.5, 0.6) is 0 Å². The van der Waals surface area contributed by atoms with E-state index in [9.17, 15) is 13.2 Å². The van der Waals surface area contributed by atoms with Gasteiger partial charge in [-0.05, 0) is 42.5 Å². The number of sulfonamides is 1. The third-order valence-electron chi connectivity index (χ3n) is 2.89. The van der Waals surface area contributed by atoms with Crippen LogP contribution in [0.25, 0.3) is 0 Å². The highest BCUT2D eigenvalue weighted by molar-refractivity contribution is 7.92. The van der Waals surface area contributed by atoms with Crippen LogP contribution in [-0.4, -0.2) is 33.3 Å². The third kappa shape index (κ3) is 3.78. The summed E-state index contributed by atoms with van der Waals surface area (Å²) < 4.78 is 27.2. The highest BCUT2D eigenvalue weighted by Crippen LogP contribution is 2.19. The molecule has 0 radical (unpaired) electrons. The van der Waals surface area contributed by atoms with Crippen LogP contribution in [0.15, 0.2) is 53.4 Å². The van der Waals surface area contributed by atoms with E-state index in [4.69, 9.17) is 11.6 Å².